The van der Waals surface area contributed by atoms with Crippen molar-refractivity contribution < 1.29 is 24.2 Å². The zero-order valence-electron chi connectivity index (χ0n) is 12.2. The molecule has 1 aromatic rings. The normalized spacial score (nSPS) is 13.6. The molecule has 1 aliphatic heterocycles. The number of nitriles is 1. The third-order valence-corrected chi connectivity index (χ3v) is 3.16. The van der Waals surface area contributed by atoms with E-state index in [9.17, 15) is 14.4 Å². The van der Waals surface area contributed by atoms with Gasteiger partial charge in [0.25, 0.3) is 11.8 Å². The number of carbonyl (C=O) groups excluding carboxylic acids is 3. The first-order chi connectivity index (χ1) is 11.0. The van der Waals surface area contributed by atoms with Gasteiger partial charge in [-0.05, 0) is 18.2 Å². The van der Waals surface area contributed by atoms with Gasteiger partial charge in [0.1, 0.15) is 11.8 Å². The van der Waals surface area contributed by atoms with Gasteiger partial charge >= 0.3 is 5.97 Å². The summed E-state index contributed by atoms with van der Waals surface area (Å²) in [5.41, 5.74) is 0.545. The minimum atomic E-state index is -0.685. The molecule has 1 aliphatic rings. The van der Waals surface area contributed by atoms with Crippen molar-refractivity contribution >= 4 is 23.5 Å². The maximum atomic E-state index is 12.0. The summed E-state index contributed by atoms with van der Waals surface area (Å²) in [5, 5.41) is 20.6. The van der Waals surface area contributed by atoms with Gasteiger partial charge in [-0.25, -0.2) is 4.79 Å². The van der Waals surface area contributed by atoms with Crippen molar-refractivity contribution in [1.29, 1.82) is 5.26 Å². The van der Waals surface area contributed by atoms with Crippen molar-refractivity contribution in [3.05, 3.63) is 41.1 Å². The van der Waals surface area contributed by atoms with Gasteiger partial charge in [-0.2, -0.15) is 5.26 Å². The molecule has 0 saturated carbocycles. The molecule has 0 atom stereocenters. The minimum absolute atomic E-state index is 0.0176. The highest BCUT2D eigenvalue weighted by molar-refractivity contribution is 6.17. The molecule has 2 amide bonds. The third-order valence-electron chi connectivity index (χ3n) is 3.16. The number of aliphatic hydroxyl groups is 1. The Labute approximate surface area is 131 Å². The van der Waals surface area contributed by atoms with Crippen LogP contribution in [0.5, 0.6) is 0 Å². The number of rotatable bonds is 5. The van der Waals surface area contributed by atoms with Gasteiger partial charge in [0.05, 0.1) is 31.4 Å². The van der Waals surface area contributed by atoms with Crippen molar-refractivity contribution in [1.82, 2.24) is 4.90 Å². The van der Waals surface area contributed by atoms with Gasteiger partial charge in [-0.3, -0.25) is 14.5 Å². The van der Waals surface area contributed by atoms with Gasteiger partial charge < -0.3 is 15.2 Å². The fraction of sp³-hybridized carbons (Fsp3) is 0.200. The molecule has 0 bridgehead atoms. The molecular weight excluding hydrogens is 302 g/mol. The van der Waals surface area contributed by atoms with Crippen LogP contribution >= 0.6 is 0 Å². The summed E-state index contributed by atoms with van der Waals surface area (Å²) >= 11 is 0. The lowest BCUT2D eigenvalue weighted by Crippen LogP contribution is -2.34. The molecule has 8 nitrogen and oxygen atoms in total. The zero-order valence-corrected chi connectivity index (χ0v) is 12.2. The van der Waals surface area contributed by atoms with Crippen LogP contribution in [0.15, 0.2) is 30.0 Å². The molecular formula is C15H13N3O5. The molecule has 0 unspecified atom stereocenters. The zero-order chi connectivity index (χ0) is 17.0. The molecule has 118 valence electrons. The number of esters is 1. The van der Waals surface area contributed by atoms with Crippen LogP contribution < -0.4 is 5.32 Å². The Balaban J connectivity index is 2.26. The van der Waals surface area contributed by atoms with E-state index in [0.717, 1.165) is 11.0 Å². The van der Waals surface area contributed by atoms with E-state index in [4.69, 9.17) is 10.4 Å². The van der Waals surface area contributed by atoms with E-state index in [2.05, 4.69) is 10.1 Å². The van der Waals surface area contributed by atoms with Crippen molar-refractivity contribution in [2.45, 2.75) is 0 Å². The number of nitrogens with one attached hydrogen (secondary N) is 1. The summed E-state index contributed by atoms with van der Waals surface area (Å²) in [4.78, 5) is 36.2. The lowest BCUT2D eigenvalue weighted by molar-refractivity contribution is -0.137. The van der Waals surface area contributed by atoms with Crippen molar-refractivity contribution in [3.8, 4) is 6.07 Å². The van der Waals surface area contributed by atoms with Crippen LogP contribution in [0.2, 0.25) is 0 Å². The number of anilines is 1. The van der Waals surface area contributed by atoms with Crippen LogP contribution in [0, 0.1) is 11.3 Å². The molecule has 2 rings (SSSR count). The second-order valence-electron chi connectivity index (χ2n) is 4.57. The predicted molar refractivity (Wildman–Crippen MR) is 78.0 cm³/mol. The number of ether oxygens (including phenoxy) is 1. The number of β-amino-alcohol motifs (C(OH)–C–C–N with tert-alkyl or cyclic N) is 1. The smallest absolute Gasteiger partial charge is 0.339 e. The number of imide groups is 1. The van der Waals surface area contributed by atoms with Crippen LogP contribution in [0.1, 0.15) is 15.9 Å². The highest BCUT2D eigenvalue weighted by Crippen LogP contribution is 2.20. The van der Waals surface area contributed by atoms with Crippen molar-refractivity contribution in [3.63, 3.8) is 0 Å². The summed E-state index contributed by atoms with van der Waals surface area (Å²) in [6.45, 7) is -0.428. The van der Waals surface area contributed by atoms with Crippen LogP contribution in [-0.2, 0) is 14.3 Å². The second kappa shape index (κ2) is 6.72. The van der Waals surface area contributed by atoms with Crippen LogP contribution in [0.4, 0.5) is 5.69 Å². The lowest BCUT2D eigenvalue weighted by atomic mass is 10.1. The molecule has 0 spiro atoms. The van der Waals surface area contributed by atoms with Crippen LogP contribution in [0.25, 0.3) is 0 Å². The number of benzene rings is 1. The van der Waals surface area contributed by atoms with Gasteiger partial charge in [0.15, 0.2) is 0 Å². The molecule has 0 radical (unpaired) electrons. The average Bonchev–Trinajstić information content (AvgIpc) is 2.82. The van der Waals surface area contributed by atoms with Gasteiger partial charge in [0, 0.05) is 11.8 Å². The lowest BCUT2D eigenvalue weighted by Gasteiger charge is -2.13. The van der Waals surface area contributed by atoms with Gasteiger partial charge in [-0.15, -0.1) is 0 Å². The molecule has 0 aliphatic carbocycles. The first-order valence-corrected chi connectivity index (χ1v) is 6.59. The Morgan fingerprint density at radius 3 is 2.78 bits per heavy atom. The number of carbonyl (C=O) groups is 3. The Morgan fingerprint density at radius 1 is 1.43 bits per heavy atom. The summed E-state index contributed by atoms with van der Waals surface area (Å²) in [6.07, 6.45) is 1.11. The minimum Gasteiger partial charge on any atom is -0.465 e. The Hall–Kier alpha value is -3.18. The standard InChI is InChI=1S/C15H13N3O5/c1-23-15(22)11-6-10(3-2-9(11)8-16)17-12-7-13(20)18(4-5-19)14(12)21/h2-3,6-7,17,19H,4-5H2,1H3. The van der Waals surface area contributed by atoms with Crippen molar-refractivity contribution in [2.24, 2.45) is 0 Å². The number of nitrogens with zero attached hydrogens (tertiary/aromatic N) is 2. The molecule has 1 heterocycles. The fourth-order valence-corrected chi connectivity index (χ4v) is 2.06. The topological polar surface area (TPSA) is 120 Å². The van der Waals surface area contributed by atoms with E-state index in [1.54, 1.807) is 0 Å². The van der Waals surface area contributed by atoms with Crippen molar-refractivity contribution in [2.75, 3.05) is 25.6 Å². The van der Waals surface area contributed by atoms with E-state index < -0.39 is 17.8 Å². The number of hydrogen-bond acceptors (Lipinski definition) is 7. The Morgan fingerprint density at radius 2 is 2.17 bits per heavy atom. The van der Waals surface area contributed by atoms with Crippen LogP contribution in [-0.4, -0.2) is 48.1 Å². The molecule has 0 aromatic heterocycles. The number of amides is 2. The quantitative estimate of drug-likeness (QED) is 0.579. The Bertz CT molecular complexity index is 748. The monoisotopic (exact) mass is 315 g/mol. The molecule has 23 heavy (non-hydrogen) atoms. The maximum absolute atomic E-state index is 12.0. The number of hydrogen-bond donors (Lipinski definition) is 2. The van der Waals surface area contributed by atoms with E-state index in [1.807, 2.05) is 6.07 Å². The highest BCUT2D eigenvalue weighted by Gasteiger charge is 2.30. The molecule has 0 fully saturated rings. The summed E-state index contributed by atoms with van der Waals surface area (Å²) in [5.74, 6) is -1.80. The SMILES string of the molecule is COC(=O)c1cc(NC2=CC(=O)N(CCO)C2=O)ccc1C#N. The summed E-state index contributed by atoms with van der Waals surface area (Å²) in [6, 6.07) is 6.13. The second-order valence-corrected chi connectivity index (χ2v) is 4.57. The van der Waals surface area contributed by atoms with E-state index in [1.165, 1.54) is 25.3 Å². The first-order valence-electron chi connectivity index (χ1n) is 6.59. The van der Waals surface area contributed by atoms with E-state index in [0.29, 0.717) is 5.69 Å². The van der Waals surface area contributed by atoms with Gasteiger partial charge in [0.2, 0.25) is 0 Å². The predicted octanol–water partition coefficient (Wildman–Crippen LogP) is 0.00178. The highest BCUT2D eigenvalue weighted by atomic mass is 16.5. The molecule has 1 aromatic carbocycles. The van der Waals surface area contributed by atoms with Crippen LogP contribution in [0.3, 0.4) is 0 Å². The average molecular weight is 315 g/mol. The molecule has 8 heteroatoms. The third kappa shape index (κ3) is 3.20. The van der Waals surface area contributed by atoms with E-state index >= 15 is 0 Å². The Kier molecular flexibility index (Phi) is 4.73. The summed E-state index contributed by atoms with van der Waals surface area (Å²) < 4.78 is 4.60. The first kappa shape index (κ1) is 16.2. The largest absolute Gasteiger partial charge is 0.465 e. The van der Waals surface area contributed by atoms with Gasteiger partial charge in [-0.1, -0.05) is 0 Å². The number of methoxy groups -OCH3 is 1. The maximum Gasteiger partial charge on any atom is 0.339 e. The van der Waals surface area contributed by atoms with E-state index in [-0.39, 0.29) is 30.0 Å². The molecule has 0 saturated heterocycles. The number of aliphatic hydroxyl groups excluding tert-OH is 1. The fourth-order valence-electron chi connectivity index (χ4n) is 2.06. The summed E-state index contributed by atoms with van der Waals surface area (Å²) in [7, 11) is 1.19. The molecule has 2 N–H and O–H groups in total.